The topological polar surface area (TPSA) is 105 Å². The molecule has 152 valence electrons. The van der Waals surface area contributed by atoms with Gasteiger partial charge in [0.1, 0.15) is 0 Å². The third kappa shape index (κ3) is 4.41. The lowest BCUT2D eigenvalue weighted by Gasteiger charge is -2.30. The van der Waals surface area contributed by atoms with Gasteiger partial charge >= 0.3 is 0 Å². The molecule has 9 heteroatoms. The van der Waals surface area contributed by atoms with E-state index in [9.17, 15) is 13.2 Å². The van der Waals surface area contributed by atoms with Crippen LogP contribution in [0.3, 0.4) is 0 Å². The molecule has 1 aliphatic rings. The van der Waals surface area contributed by atoms with Gasteiger partial charge < -0.3 is 9.84 Å². The molecule has 3 rings (SSSR count). The van der Waals surface area contributed by atoms with Gasteiger partial charge in [0.25, 0.3) is 5.89 Å². The van der Waals surface area contributed by atoms with Gasteiger partial charge in [-0.25, -0.2) is 12.7 Å². The number of benzene rings is 1. The summed E-state index contributed by atoms with van der Waals surface area (Å²) in [6.45, 7) is 6.50. The standard InChI is InChI=1S/C19H26N4O4S/c1-12(2)17-21-19(27-22-17)15-9-5-7-13(3)16(15)20-18(24)14-8-6-10-23(11-14)28(4,25)26/h5,7,9,12,14H,6,8,10-11H2,1-4H3,(H,20,24). The van der Waals surface area contributed by atoms with Gasteiger partial charge in [-0.05, 0) is 31.4 Å². The molecule has 0 bridgehead atoms. The molecule has 0 spiro atoms. The Morgan fingerprint density at radius 1 is 1.36 bits per heavy atom. The van der Waals surface area contributed by atoms with Crippen LogP contribution < -0.4 is 5.32 Å². The predicted octanol–water partition coefficient (Wildman–Crippen LogP) is 2.78. The highest BCUT2D eigenvalue weighted by molar-refractivity contribution is 7.88. The molecule has 1 N–H and O–H groups in total. The number of hydrogen-bond acceptors (Lipinski definition) is 6. The van der Waals surface area contributed by atoms with E-state index in [1.165, 1.54) is 10.6 Å². The highest BCUT2D eigenvalue weighted by Crippen LogP contribution is 2.31. The molecule has 0 aliphatic carbocycles. The van der Waals surface area contributed by atoms with Crippen LogP contribution in [0.2, 0.25) is 0 Å². The van der Waals surface area contributed by atoms with Gasteiger partial charge in [0.2, 0.25) is 15.9 Å². The van der Waals surface area contributed by atoms with E-state index < -0.39 is 15.9 Å². The minimum Gasteiger partial charge on any atom is -0.334 e. The van der Waals surface area contributed by atoms with Crippen molar-refractivity contribution in [2.45, 2.75) is 39.5 Å². The van der Waals surface area contributed by atoms with Crippen molar-refractivity contribution in [3.63, 3.8) is 0 Å². The number of hydrogen-bond donors (Lipinski definition) is 1. The van der Waals surface area contributed by atoms with Crippen molar-refractivity contribution in [2.75, 3.05) is 24.7 Å². The average Bonchev–Trinajstić information content (AvgIpc) is 3.13. The SMILES string of the molecule is Cc1cccc(-c2nc(C(C)C)no2)c1NC(=O)C1CCCN(S(C)(=O)=O)C1. The van der Waals surface area contributed by atoms with E-state index in [-0.39, 0.29) is 18.4 Å². The second-order valence-electron chi connectivity index (χ2n) is 7.56. The van der Waals surface area contributed by atoms with Crippen molar-refractivity contribution < 1.29 is 17.7 Å². The maximum Gasteiger partial charge on any atom is 0.260 e. The van der Waals surface area contributed by atoms with E-state index in [1.54, 1.807) is 0 Å². The number of anilines is 1. The average molecular weight is 407 g/mol. The molecule has 1 aromatic heterocycles. The Bertz CT molecular complexity index is 968. The molecule has 1 unspecified atom stereocenters. The highest BCUT2D eigenvalue weighted by Gasteiger charge is 2.31. The minimum atomic E-state index is -3.31. The maximum atomic E-state index is 12.9. The van der Waals surface area contributed by atoms with Gasteiger partial charge in [-0.15, -0.1) is 0 Å². The zero-order valence-electron chi connectivity index (χ0n) is 16.6. The Hall–Kier alpha value is -2.26. The quantitative estimate of drug-likeness (QED) is 0.818. The minimum absolute atomic E-state index is 0.129. The van der Waals surface area contributed by atoms with Gasteiger partial charge in [-0.1, -0.05) is 31.1 Å². The van der Waals surface area contributed by atoms with E-state index in [2.05, 4.69) is 15.5 Å². The Kier molecular flexibility index (Phi) is 5.85. The number of para-hydroxylation sites is 1. The molecule has 1 saturated heterocycles. The number of carbonyl (C=O) groups excluding carboxylic acids is 1. The molecule has 0 saturated carbocycles. The van der Waals surface area contributed by atoms with Crippen LogP contribution in [0.5, 0.6) is 0 Å². The molecule has 0 radical (unpaired) electrons. The second kappa shape index (κ2) is 8.00. The Morgan fingerprint density at radius 3 is 2.75 bits per heavy atom. The maximum absolute atomic E-state index is 12.9. The van der Waals surface area contributed by atoms with Crippen LogP contribution >= 0.6 is 0 Å². The third-order valence-electron chi connectivity index (χ3n) is 4.93. The molecule has 1 amide bonds. The normalized spacial score (nSPS) is 18.4. The smallest absolute Gasteiger partial charge is 0.260 e. The summed E-state index contributed by atoms with van der Waals surface area (Å²) in [7, 11) is -3.31. The summed E-state index contributed by atoms with van der Waals surface area (Å²) in [5.41, 5.74) is 2.14. The van der Waals surface area contributed by atoms with E-state index in [0.29, 0.717) is 42.4 Å². The summed E-state index contributed by atoms with van der Waals surface area (Å²) in [5, 5.41) is 6.97. The summed E-state index contributed by atoms with van der Waals surface area (Å²) in [5.74, 6) is 0.482. The molecule has 2 heterocycles. The molecule has 2 aromatic rings. The summed E-state index contributed by atoms with van der Waals surface area (Å²) in [4.78, 5) is 17.3. The van der Waals surface area contributed by atoms with Crippen LogP contribution in [0, 0.1) is 12.8 Å². The van der Waals surface area contributed by atoms with Crippen LogP contribution in [-0.4, -0.2) is 48.1 Å². The van der Waals surface area contributed by atoms with Gasteiger partial charge in [0.15, 0.2) is 5.82 Å². The lowest BCUT2D eigenvalue weighted by Crippen LogP contribution is -2.43. The molecule has 8 nitrogen and oxygen atoms in total. The molecular weight excluding hydrogens is 380 g/mol. The zero-order chi connectivity index (χ0) is 20.5. The van der Waals surface area contributed by atoms with Crippen LogP contribution in [0.1, 0.15) is 44.0 Å². The summed E-state index contributed by atoms with van der Waals surface area (Å²) in [6.07, 6.45) is 2.49. The fraction of sp³-hybridized carbons (Fsp3) is 0.526. The summed E-state index contributed by atoms with van der Waals surface area (Å²) < 4.78 is 30.4. The monoisotopic (exact) mass is 406 g/mol. The van der Waals surface area contributed by atoms with Crippen molar-refractivity contribution in [3.05, 3.63) is 29.6 Å². The van der Waals surface area contributed by atoms with Crippen LogP contribution in [0.15, 0.2) is 22.7 Å². The van der Waals surface area contributed by atoms with E-state index >= 15 is 0 Å². The van der Waals surface area contributed by atoms with E-state index in [4.69, 9.17) is 4.52 Å². The molecule has 1 aliphatic heterocycles. The predicted molar refractivity (Wildman–Crippen MR) is 106 cm³/mol. The lowest BCUT2D eigenvalue weighted by molar-refractivity contribution is -0.120. The first-order chi connectivity index (χ1) is 13.2. The summed E-state index contributed by atoms with van der Waals surface area (Å²) >= 11 is 0. The first-order valence-electron chi connectivity index (χ1n) is 9.36. The van der Waals surface area contributed by atoms with Gasteiger partial charge in [0.05, 0.1) is 23.4 Å². The third-order valence-corrected chi connectivity index (χ3v) is 6.20. The zero-order valence-corrected chi connectivity index (χ0v) is 17.4. The van der Waals surface area contributed by atoms with Crippen molar-refractivity contribution in [1.29, 1.82) is 0 Å². The molecule has 28 heavy (non-hydrogen) atoms. The first kappa shape index (κ1) is 20.5. The number of nitrogens with zero attached hydrogens (tertiary/aromatic N) is 3. The molecule has 1 aromatic carbocycles. The van der Waals surface area contributed by atoms with Gasteiger partial charge in [-0.3, -0.25) is 4.79 Å². The van der Waals surface area contributed by atoms with Crippen molar-refractivity contribution in [2.24, 2.45) is 5.92 Å². The number of aryl methyl sites for hydroxylation is 1. The van der Waals surface area contributed by atoms with Crippen molar-refractivity contribution >= 4 is 21.6 Å². The highest BCUT2D eigenvalue weighted by atomic mass is 32.2. The first-order valence-corrected chi connectivity index (χ1v) is 11.2. The van der Waals surface area contributed by atoms with Gasteiger partial charge in [0, 0.05) is 19.0 Å². The summed E-state index contributed by atoms with van der Waals surface area (Å²) in [6, 6.07) is 5.58. The number of piperidine rings is 1. The number of aromatic nitrogens is 2. The molecule has 1 atom stereocenters. The fourth-order valence-corrected chi connectivity index (χ4v) is 4.19. The molecular formula is C19H26N4O4S. The Balaban J connectivity index is 1.85. The second-order valence-corrected chi connectivity index (χ2v) is 9.54. The molecule has 1 fully saturated rings. The number of rotatable bonds is 5. The van der Waals surface area contributed by atoms with Crippen LogP contribution in [0.4, 0.5) is 5.69 Å². The van der Waals surface area contributed by atoms with E-state index in [0.717, 1.165) is 5.56 Å². The van der Waals surface area contributed by atoms with Crippen molar-refractivity contribution in [3.8, 4) is 11.5 Å². The number of nitrogens with one attached hydrogen (secondary N) is 1. The fourth-order valence-electron chi connectivity index (χ4n) is 3.27. The lowest BCUT2D eigenvalue weighted by atomic mass is 9.98. The van der Waals surface area contributed by atoms with E-state index in [1.807, 2.05) is 39.0 Å². The Labute approximate surface area is 165 Å². The van der Waals surface area contributed by atoms with Crippen LogP contribution in [-0.2, 0) is 14.8 Å². The largest absolute Gasteiger partial charge is 0.334 e. The Morgan fingerprint density at radius 2 is 2.11 bits per heavy atom. The van der Waals surface area contributed by atoms with Crippen molar-refractivity contribution in [1.82, 2.24) is 14.4 Å². The number of sulfonamides is 1. The number of carbonyl (C=O) groups is 1. The van der Waals surface area contributed by atoms with Crippen LogP contribution in [0.25, 0.3) is 11.5 Å². The number of amides is 1. The van der Waals surface area contributed by atoms with Gasteiger partial charge in [-0.2, -0.15) is 4.98 Å².